The van der Waals surface area contributed by atoms with Gasteiger partial charge < -0.3 is 5.32 Å². The van der Waals surface area contributed by atoms with Crippen LogP contribution in [-0.4, -0.2) is 25.5 Å². The lowest BCUT2D eigenvalue weighted by molar-refractivity contribution is -0.117. The summed E-state index contributed by atoms with van der Waals surface area (Å²) in [4.78, 5) is 25.8. The summed E-state index contributed by atoms with van der Waals surface area (Å²) in [6.45, 7) is 3.62. The molecule has 2 heterocycles. The van der Waals surface area contributed by atoms with Gasteiger partial charge in [-0.05, 0) is 54.4 Å². The van der Waals surface area contributed by atoms with E-state index in [4.69, 9.17) is 11.6 Å². The van der Waals surface area contributed by atoms with Gasteiger partial charge in [-0.15, -0.1) is 0 Å². The summed E-state index contributed by atoms with van der Waals surface area (Å²) in [5.41, 5.74) is 1.55. The van der Waals surface area contributed by atoms with E-state index < -0.39 is 11.5 Å². The van der Waals surface area contributed by atoms with Gasteiger partial charge >= 0.3 is 0 Å². The zero-order chi connectivity index (χ0) is 22.1. The Bertz CT molecular complexity index is 1310. The highest BCUT2D eigenvalue weighted by atomic mass is 35.5. The predicted molar refractivity (Wildman–Crippen MR) is 117 cm³/mol. The highest BCUT2D eigenvalue weighted by Crippen LogP contribution is 2.23. The van der Waals surface area contributed by atoms with Crippen molar-refractivity contribution in [3.8, 4) is 5.69 Å². The number of nitrogens with zero attached hydrogens (tertiary/aromatic N) is 4. The van der Waals surface area contributed by atoms with Gasteiger partial charge in [0.15, 0.2) is 0 Å². The van der Waals surface area contributed by atoms with Gasteiger partial charge in [0.2, 0.25) is 5.91 Å². The molecule has 9 heteroatoms. The fourth-order valence-corrected chi connectivity index (χ4v) is 3.40. The van der Waals surface area contributed by atoms with Crippen molar-refractivity contribution in [1.29, 1.82) is 0 Å². The molecular formula is C22H19ClFN5O2. The highest BCUT2D eigenvalue weighted by Gasteiger charge is 2.20. The Hall–Kier alpha value is -3.52. The lowest BCUT2D eigenvalue weighted by Gasteiger charge is -2.12. The summed E-state index contributed by atoms with van der Waals surface area (Å²) in [5, 5.41) is 12.6. The number of hydrogen-bond acceptors (Lipinski definition) is 4. The van der Waals surface area contributed by atoms with Gasteiger partial charge in [-0.2, -0.15) is 10.2 Å². The number of amides is 1. The summed E-state index contributed by atoms with van der Waals surface area (Å²) in [7, 11) is 0. The van der Waals surface area contributed by atoms with Crippen molar-refractivity contribution >= 4 is 34.1 Å². The maximum Gasteiger partial charge on any atom is 0.293 e. The highest BCUT2D eigenvalue weighted by molar-refractivity contribution is 6.30. The molecule has 0 radical (unpaired) electrons. The topological polar surface area (TPSA) is 81.8 Å². The largest absolute Gasteiger partial charge is 0.324 e. The van der Waals surface area contributed by atoms with Gasteiger partial charge in [-0.1, -0.05) is 25.4 Å². The number of hydrogen-bond donors (Lipinski definition) is 1. The fraction of sp³-hybridized carbons (Fsp3) is 0.182. The van der Waals surface area contributed by atoms with Crippen LogP contribution in [0.15, 0.2) is 59.5 Å². The lowest BCUT2D eigenvalue weighted by atomic mass is 10.1. The number of rotatable bonds is 5. The maximum atomic E-state index is 13.3. The maximum absolute atomic E-state index is 13.3. The molecule has 0 aliphatic carbocycles. The van der Waals surface area contributed by atoms with Crippen molar-refractivity contribution in [1.82, 2.24) is 19.6 Å². The Kier molecular flexibility index (Phi) is 5.56. The molecule has 0 saturated heterocycles. The standard InChI is InChI=1S/C22H19ClFN5O2/c1-13(2)20-18-11-25-29(17-9-5-15(24)6-10-17)21(18)22(31)28(27-20)12-19(30)26-16-7-3-14(23)4-8-16/h3-11,13H,12H2,1-2H3,(H,26,30). The second-order valence-corrected chi connectivity index (χ2v) is 7.79. The van der Waals surface area contributed by atoms with Crippen LogP contribution in [0.3, 0.4) is 0 Å². The normalized spacial score (nSPS) is 11.3. The zero-order valence-corrected chi connectivity index (χ0v) is 17.6. The Balaban J connectivity index is 1.76. The minimum Gasteiger partial charge on any atom is -0.324 e. The van der Waals surface area contributed by atoms with Crippen molar-refractivity contribution in [2.45, 2.75) is 26.3 Å². The van der Waals surface area contributed by atoms with Crippen molar-refractivity contribution in [3.05, 3.63) is 81.6 Å². The smallest absolute Gasteiger partial charge is 0.293 e. The minimum atomic E-state index is -0.465. The van der Waals surface area contributed by atoms with Gasteiger partial charge in [0, 0.05) is 16.1 Å². The van der Waals surface area contributed by atoms with E-state index >= 15 is 0 Å². The molecule has 0 aliphatic heterocycles. The van der Waals surface area contributed by atoms with Gasteiger partial charge in [0.25, 0.3) is 5.56 Å². The molecule has 158 valence electrons. The van der Waals surface area contributed by atoms with Crippen LogP contribution in [0.5, 0.6) is 0 Å². The molecule has 0 bridgehead atoms. The van der Waals surface area contributed by atoms with Crippen molar-refractivity contribution in [2.24, 2.45) is 0 Å². The van der Waals surface area contributed by atoms with Crippen LogP contribution < -0.4 is 10.9 Å². The van der Waals surface area contributed by atoms with Crippen LogP contribution >= 0.6 is 11.6 Å². The molecule has 2 aromatic carbocycles. The average Bonchev–Trinajstić information content (AvgIpc) is 3.17. The van der Waals surface area contributed by atoms with E-state index in [1.807, 2.05) is 13.8 Å². The summed E-state index contributed by atoms with van der Waals surface area (Å²) in [6, 6.07) is 12.3. The third-order valence-corrected chi connectivity index (χ3v) is 5.00. The molecule has 0 spiro atoms. The van der Waals surface area contributed by atoms with E-state index in [1.165, 1.54) is 28.9 Å². The molecule has 0 aliphatic rings. The number of anilines is 1. The monoisotopic (exact) mass is 439 g/mol. The minimum absolute atomic E-state index is 0.0143. The summed E-state index contributed by atoms with van der Waals surface area (Å²) in [6.07, 6.45) is 1.57. The number of fused-ring (bicyclic) bond motifs is 1. The fourth-order valence-electron chi connectivity index (χ4n) is 3.27. The van der Waals surface area contributed by atoms with Crippen LogP contribution in [0.2, 0.25) is 5.02 Å². The van der Waals surface area contributed by atoms with E-state index in [2.05, 4.69) is 15.5 Å². The molecule has 4 rings (SSSR count). The second-order valence-electron chi connectivity index (χ2n) is 7.35. The van der Waals surface area contributed by atoms with Gasteiger partial charge in [-0.25, -0.2) is 13.8 Å². The van der Waals surface area contributed by atoms with E-state index in [9.17, 15) is 14.0 Å². The predicted octanol–water partition coefficient (Wildman–Crippen LogP) is 4.14. The molecule has 0 fully saturated rings. The Morgan fingerprint density at radius 1 is 1.13 bits per heavy atom. The van der Waals surface area contributed by atoms with Crippen LogP contribution in [0.1, 0.15) is 25.5 Å². The third kappa shape index (κ3) is 4.20. The van der Waals surface area contributed by atoms with E-state index in [1.54, 1.807) is 30.5 Å². The Labute approximate surface area is 182 Å². The van der Waals surface area contributed by atoms with Gasteiger partial charge in [0.05, 0.1) is 17.6 Å². The number of carbonyl (C=O) groups is 1. The van der Waals surface area contributed by atoms with Gasteiger partial charge in [-0.3, -0.25) is 9.59 Å². The summed E-state index contributed by atoms with van der Waals surface area (Å²) in [5.74, 6) is -0.806. The first-order chi connectivity index (χ1) is 14.8. The first-order valence-electron chi connectivity index (χ1n) is 9.63. The molecule has 1 amide bonds. The molecule has 0 atom stereocenters. The second kappa shape index (κ2) is 8.31. The van der Waals surface area contributed by atoms with E-state index in [0.717, 1.165) is 4.68 Å². The SMILES string of the molecule is CC(C)c1nn(CC(=O)Nc2ccc(Cl)cc2)c(=O)c2c1cnn2-c1ccc(F)cc1. The zero-order valence-electron chi connectivity index (χ0n) is 16.8. The molecule has 2 aromatic heterocycles. The molecule has 4 aromatic rings. The van der Waals surface area contributed by atoms with Crippen molar-refractivity contribution < 1.29 is 9.18 Å². The molecular weight excluding hydrogens is 421 g/mol. The Morgan fingerprint density at radius 2 is 1.81 bits per heavy atom. The van der Waals surface area contributed by atoms with Crippen molar-refractivity contribution in [2.75, 3.05) is 5.32 Å². The number of halogens is 2. The van der Waals surface area contributed by atoms with E-state index in [-0.39, 0.29) is 23.8 Å². The molecule has 31 heavy (non-hydrogen) atoms. The molecule has 0 saturated carbocycles. The average molecular weight is 440 g/mol. The number of nitrogens with one attached hydrogen (secondary N) is 1. The van der Waals surface area contributed by atoms with Crippen LogP contribution in [0, 0.1) is 5.82 Å². The molecule has 0 unspecified atom stereocenters. The van der Waals surface area contributed by atoms with Gasteiger partial charge in [0.1, 0.15) is 17.9 Å². The van der Waals surface area contributed by atoms with E-state index in [0.29, 0.717) is 27.5 Å². The molecule has 1 N–H and O–H groups in total. The number of benzene rings is 2. The summed E-state index contributed by atoms with van der Waals surface area (Å²) < 4.78 is 15.9. The van der Waals surface area contributed by atoms with Crippen LogP contribution in [0.4, 0.5) is 10.1 Å². The first kappa shape index (κ1) is 20.7. The van der Waals surface area contributed by atoms with Crippen LogP contribution in [-0.2, 0) is 11.3 Å². The quantitative estimate of drug-likeness (QED) is 0.506. The number of aromatic nitrogens is 4. The first-order valence-corrected chi connectivity index (χ1v) is 10.0. The lowest BCUT2D eigenvalue weighted by Crippen LogP contribution is -2.31. The van der Waals surface area contributed by atoms with Crippen molar-refractivity contribution in [3.63, 3.8) is 0 Å². The third-order valence-electron chi connectivity index (χ3n) is 4.75. The number of carbonyl (C=O) groups excluding carboxylic acids is 1. The summed E-state index contributed by atoms with van der Waals surface area (Å²) >= 11 is 5.87. The molecule has 7 nitrogen and oxygen atoms in total. The van der Waals surface area contributed by atoms with Crippen LogP contribution in [0.25, 0.3) is 16.6 Å². The Morgan fingerprint density at radius 3 is 2.45 bits per heavy atom.